The van der Waals surface area contributed by atoms with Gasteiger partial charge in [-0.25, -0.2) is 9.78 Å². The van der Waals surface area contributed by atoms with Crippen molar-refractivity contribution in [2.24, 2.45) is 0 Å². The molecule has 0 saturated carbocycles. The number of carbonyl (C=O) groups is 2. The zero-order chi connectivity index (χ0) is 18.1. The molecule has 1 unspecified atom stereocenters. The molecule has 5 N–H and O–H groups in total. The highest BCUT2D eigenvalue weighted by Crippen LogP contribution is 2.15. The number of hydrogen-bond donors (Lipinski definition) is 4. The largest absolute Gasteiger partial charge is 0.480 e. The van der Waals surface area contributed by atoms with E-state index in [4.69, 9.17) is 15.9 Å². The summed E-state index contributed by atoms with van der Waals surface area (Å²) in [7, 11) is 0. The van der Waals surface area contributed by atoms with Gasteiger partial charge in [0.15, 0.2) is 0 Å². The molecule has 0 saturated heterocycles. The third-order valence-electron chi connectivity index (χ3n) is 3.08. The van der Waals surface area contributed by atoms with Crippen molar-refractivity contribution in [1.82, 2.24) is 10.3 Å². The molecule has 0 amide bonds. The van der Waals surface area contributed by atoms with Crippen LogP contribution in [0.3, 0.4) is 0 Å². The lowest BCUT2D eigenvalue weighted by Gasteiger charge is -2.22. The second kappa shape index (κ2) is 9.64. The van der Waals surface area contributed by atoms with E-state index in [0.717, 1.165) is 16.9 Å². The molecule has 3 rings (SSSR count). The van der Waals surface area contributed by atoms with Gasteiger partial charge in [-0.2, -0.15) is 0 Å². The predicted molar refractivity (Wildman–Crippen MR) is 93.2 cm³/mol. The maximum absolute atomic E-state index is 10.7. The van der Waals surface area contributed by atoms with Gasteiger partial charge < -0.3 is 21.3 Å². The van der Waals surface area contributed by atoms with Crippen LogP contribution < -0.4 is 11.1 Å². The van der Waals surface area contributed by atoms with E-state index in [9.17, 15) is 9.59 Å². The number of rotatable bonds is 2. The molecule has 1 aromatic carbocycles. The van der Waals surface area contributed by atoms with E-state index in [1.54, 1.807) is 0 Å². The number of carboxylic acids is 2. The fraction of sp³-hybridized carbons (Fsp3) is 0.312. The van der Waals surface area contributed by atoms with E-state index < -0.39 is 18.0 Å². The number of benzene rings is 1. The van der Waals surface area contributed by atoms with Crippen molar-refractivity contribution in [3.05, 3.63) is 45.8 Å². The predicted octanol–water partition coefficient (Wildman–Crippen LogP) is 2.24. The Morgan fingerprint density at radius 3 is 2.33 bits per heavy atom. The molecule has 1 aliphatic heterocycles. The molecule has 0 fully saturated rings. The van der Waals surface area contributed by atoms with Crippen molar-refractivity contribution in [2.75, 3.05) is 5.73 Å². The highest BCUT2D eigenvalue weighted by atomic mass is 32.1. The number of aromatic carboxylic acids is 1. The number of fused-ring (bicyclic) bond motifs is 1. The molecule has 0 bridgehead atoms. The number of hydrogen-bond acceptors (Lipinski definition) is 6. The highest BCUT2D eigenvalue weighted by molar-refractivity contribution is 7.11. The lowest BCUT2D eigenvalue weighted by atomic mass is 9.96. The minimum absolute atomic E-state index is 0.0347. The van der Waals surface area contributed by atoms with Gasteiger partial charge in [-0.3, -0.25) is 4.79 Å². The first kappa shape index (κ1) is 19.6. The summed E-state index contributed by atoms with van der Waals surface area (Å²) >= 11 is 1.02. The molecule has 8 heteroatoms. The van der Waals surface area contributed by atoms with Crippen LogP contribution in [0.2, 0.25) is 0 Å². The van der Waals surface area contributed by atoms with Crippen molar-refractivity contribution in [3.8, 4) is 0 Å². The van der Waals surface area contributed by atoms with E-state index in [0.29, 0.717) is 13.0 Å². The Morgan fingerprint density at radius 2 is 1.88 bits per heavy atom. The first-order chi connectivity index (χ1) is 11.5. The molecule has 0 spiro atoms. The highest BCUT2D eigenvalue weighted by Gasteiger charge is 2.22. The molecular formula is C16H21N3O4S. The maximum Gasteiger partial charge on any atom is 0.365 e. The molecular weight excluding hydrogens is 330 g/mol. The van der Waals surface area contributed by atoms with Gasteiger partial charge in [0.1, 0.15) is 11.9 Å². The molecule has 130 valence electrons. The summed E-state index contributed by atoms with van der Waals surface area (Å²) in [5, 5.41) is 21.6. The minimum Gasteiger partial charge on any atom is -0.480 e. The number of thiazole rings is 1. The number of nitrogens with zero attached hydrogens (tertiary/aromatic N) is 1. The number of aromatic nitrogens is 1. The summed E-state index contributed by atoms with van der Waals surface area (Å²) in [5.41, 5.74) is 7.51. The molecule has 2 heterocycles. The smallest absolute Gasteiger partial charge is 0.365 e. The summed E-state index contributed by atoms with van der Waals surface area (Å²) in [6.07, 6.45) is 0.589. The fourth-order valence-electron chi connectivity index (χ4n) is 2.01. The van der Waals surface area contributed by atoms with Crippen molar-refractivity contribution in [3.63, 3.8) is 0 Å². The Labute approximate surface area is 144 Å². The van der Waals surface area contributed by atoms with Crippen molar-refractivity contribution in [1.29, 1.82) is 0 Å². The van der Waals surface area contributed by atoms with Gasteiger partial charge in [0.2, 0.25) is 5.01 Å². The number of aliphatic carboxylic acids is 1. The first-order valence-corrected chi connectivity index (χ1v) is 8.32. The Hall–Kier alpha value is -2.45. The Kier molecular flexibility index (Phi) is 7.87. The van der Waals surface area contributed by atoms with Crippen molar-refractivity contribution in [2.45, 2.75) is 32.9 Å². The number of nitrogens with one attached hydrogen (secondary N) is 1. The Balaban J connectivity index is 0.000000230. The van der Waals surface area contributed by atoms with Crippen LogP contribution in [0.5, 0.6) is 0 Å². The molecule has 0 aliphatic carbocycles. The van der Waals surface area contributed by atoms with Gasteiger partial charge in [-0.1, -0.05) is 38.1 Å². The van der Waals surface area contributed by atoms with Crippen molar-refractivity contribution < 1.29 is 19.8 Å². The summed E-state index contributed by atoms with van der Waals surface area (Å²) in [5.74, 6) is -1.54. The van der Waals surface area contributed by atoms with Gasteiger partial charge in [-0.15, -0.1) is 11.3 Å². The molecule has 7 nitrogen and oxygen atoms in total. The molecule has 2 aromatic rings. The van der Waals surface area contributed by atoms with E-state index in [-0.39, 0.29) is 10.8 Å². The van der Waals surface area contributed by atoms with Crippen LogP contribution in [-0.2, 0) is 17.8 Å². The van der Waals surface area contributed by atoms with Gasteiger partial charge in [0, 0.05) is 11.9 Å². The second-order valence-electron chi connectivity index (χ2n) is 4.63. The Morgan fingerprint density at radius 1 is 1.25 bits per heavy atom. The van der Waals surface area contributed by atoms with Crippen LogP contribution in [0.15, 0.2) is 29.6 Å². The average molecular weight is 351 g/mol. The monoisotopic (exact) mass is 351 g/mol. The van der Waals surface area contributed by atoms with E-state index in [2.05, 4.69) is 10.3 Å². The van der Waals surface area contributed by atoms with Crippen LogP contribution in [0.1, 0.15) is 34.8 Å². The number of carboxylic acid groups (broad SMARTS) is 2. The third kappa shape index (κ3) is 5.64. The summed E-state index contributed by atoms with van der Waals surface area (Å²) in [6, 6.07) is 7.52. The van der Waals surface area contributed by atoms with E-state index in [1.807, 2.05) is 38.1 Å². The zero-order valence-electron chi connectivity index (χ0n) is 13.5. The van der Waals surface area contributed by atoms with Crippen LogP contribution in [0, 0.1) is 0 Å². The van der Waals surface area contributed by atoms with Gasteiger partial charge >= 0.3 is 11.9 Å². The number of nitrogens with two attached hydrogens (primary N) is 1. The Bertz CT molecular complexity index is 687. The number of nitrogen functional groups attached to an aromatic ring is 1. The standard InChI is InChI=1S/C10H11NO2.C4H4N2O2S.C2H6/c12-10(13)9-5-7-3-1-2-4-8(7)6-11-9;5-2-1-9-3(6-2)4(7)8;1-2/h1-4,9,11H,5-6H2,(H,12,13);1H,5H2,(H,7,8);1-2H3. The van der Waals surface area contributed by atoms with E-state index >= 15 is 0 Å². The second-order valence-corrected chi connectivity index (χ2v) is 5.49. The lowest BCUT2D eigenvalue weighted by Crippen LogP contribution is -2.41. The van der Waals surface area contributed by atoms with Crippen LogP contribution >= 0.6 is 11.3 Å². The summed E-state index contributed by atoms with van der Waals surface area (Å²) in [6.45, 7) is 4.66. The maximum atomic E-state index is 10.7. The van der Waals surface area contributed by atoms with Crippen LogP contribution in [0.4, 0.5) is 5.82 Å². The number of anilines is 1. The SMILES string of the molecule is CC.Nc1csc(C(=O)O)n1.O=C(O)C1Cc2ccccc2CN1. The average Bonchev–Trinajstić information content (AvgIpc) is 3.03. The molecule has 1 atom stereocenters. The minimum atomic E-state index is -1.03. The topological polar surface area (TPSA) is 126 Å². The van der Waals surface area contributed by atoms with E-state index in [1.165, 1.54) is 10.9 Å². The zero-order valence-corrected chi connectivity index (χ0v) is 14.3. The van der Waals surface area contributed by atoms with Gasteiger partial charge in [0.05, 0.1) is 0 Å². The summed E-state index contributed by atoms with van der Waals surface area (Å²) < 4.78 is 0. The van der Waals surface area contributed by atoms with Crippen LogP contribution in [-0.4, -0.2) is 33.2 Å². The lowest BCUT2D eigenvalue weighted by molar-refractivity contribution is -0.139. The van der Waals surface area contributed by atoms with Crippen molar-refractivity contribution >= 4 is 29.1 Å². The molecule has 1 aliphatic rings. The first-order valence-electron chi connectivity index (χ1n) is 7.44. The molecule has 1 aromatic heterocycles. The normalized spacial score (nSPS) is 15.0. The van der Waals surface area contributed by atoms with Gasteiger partial charge in [-0.05, 0) is 17.5 Å². The molecule has 24 heavy (non-hydrogen) atoms. The quantitative estimate of drug-likeness (QED) is 0.653. The van der Waals surface area contributed by atoms with Gasteiger partial charge in [0.25, 0.3) is 0 Å². The summed E-state index contributed by atoms with van der Waals surface area (Å²) in [4.78, 5) is 24.3. The van der Waals surface area contributed by atoms with Crippen LogP contribution in [0.25, 0.3) is 0 Å². The fourth-order valence-corrected chi connectivity index (χ4v) is 2.56. The third-order valence-corrected chi connectivity index (χ3v) is 3.93. The molecule has 0 radical (unpaired) electrons.